The minimum absolute atomic E-state index is 0.229. The third-order valence-corrected chi connectivity index (χ3v) is 4.86. The summed E-state index contributed by atoms with van der Waals surface area (Å²) in [4.78, 5) is 19.3. The van der Waals surface area contributed by atoms with Gasteiger partial charge in [-0.15, -0.1) is 11.3 Å². The highest BCUT2D eigenvalue weighted by Gasteiger charge is 2.33. The van der Waals surface area contributed by atoms with Gasteiger partial charge in [0.1, 0.15) is 5.60 Å². The summed E-state index contributed by atoms with van der Waals surface area (Å²) in [6, 6.07) is 0.311. The number of carbonyl (C=O) groups excluding carboxylic acids is 1. The van der Waals surface area contributed by atoms with Crippen LogP contribution in [0.2, 0.25) is 0 Å². The zero-order valence-corrected chi connectivity index (χ0v) is 15.2. The third-order valence-electron chi connectivity index (χ3n) is 3.92. The van der Waals surface area contributed by atoms with Gasteiger partial charge in [0.25, 0.3) is 0 Å². The summed E-state index contributed by atoms with van der Waals surface area (Å²) in [7, 11) is 0. The molecule has 1 N–H and O–H groups in total. The first-order valence-corrected chi connectivity index (χ1v) is 8.76. The number of fused-ring (bicyclic) bond motifs is 1. The van der Waals surface area contributed by atoms with Gasteiger partial charge in [-0.25, -0.2) is 9.78 Å². The molecule has 0 radical (unpaired) electrons. The third kappa shape index (κ3) is 3.35. The van der Waals surface area contributed by atoms with Gasteiger partial charge >= 0.3 is 6.09 Å². The molecule has 3 heterocycles. The van der Waals surface area contributed by atoms with E-state index in [4.69, 9.17) is 4.74 Å². The van der Waals surface area contributed by atoms with Crippen LogP contribution < -0.4 is 5.32 Å². The van der Waals surface area contributed by atoms with Crippen molar-refractivity contribution < 1.29 is 9.53 Å². The van der Waals surface area contributed by atoms with Gasteiger partial charge in [-0.3, -0.25) is 4.40 Å². The molecule has 2 aromatic rings. The SMILES string of the molecule is Cc1nc2scc(C)n2c1CNC1CN(C(=O)OC(C)(C)C)C1. The van der Waals surface area contributed by atoms with E-state index in [1.807, 2.05) is 27.7 Å². The van der Waals surface area contributed by atoms with Gasteiger partial charge in [0.15, 0.2) is 4.96 Å². The van der Waals surface area contributed by atoms with Crippen LogP contribution in [0, 0.1) is 13.8 Å². The smallest absolute Gasteiger partial charge is 0.410 e. The molecule has 1 amide bonds. The molecule has 0 bridgehead atoms. The molecule has 7 heteroatoms. The topological polar surface area (TPSA) is 58.9 Å². The van der Waals surface area contributed by atoms with Crippen molar-refractivity contribution in [3.05, 3.63) is 22.5 Å². The Hall–Kier alpha value is -1.60. The lowest BCUT2D eigenvalue weighted by Crippen LogP contribution is -2.60. The zero-order valence-electron chi connectivity index (χ0n) is 14.3. The summed E-state index contributed by atoms with van der Waals surface area (Å²) in [6.07, 6.45) is -0.229. The van der Waals surface area contributed by atoms with Crippen LogP contribution in [0.1, 0.15) is 37.9 Å². The Morgan fingerprint density at radius 2 is 2.13 bits per heavy atom. The van der Waals surface area contributed by atoms with Crippen molar-refractivity contribution >= 4 is 22.4 Å². The predicted molar refractivity (Wildman–Crippen MR) is 91.0 cm³/mol. The number of hydrogen-bond acceptors (Lipinski definition) is 5. The zero-order chi connectivity index (χ0) is 16.8. The number of amides is 1. The first-order valence-electron chi connectivity index (χ1n) is 7.88. The Bertz CT molecular complexity index is 722. The summed E-state index contributed by atoms with van der Waals surface area (Å²) in [5.41, 5.74) is 3.04. The van der Waals surface area contributed by atoms with Crippen molar-refractivity contribution in [3.8, 4) is 0 Å². The highest BCUT2D eigenvalue weighted by Crippen LogP contribution is 2.21. The number of nitrogens with one attached hydrogen (secondary N) is 1. The van der Waals surface area contributed by atoms with E-state index in [-0.39, 0.29) is 6.09 Å². The number of nitrogens with zero attached hydrogens (tertiary/aromatic N) is 3. The predicted octanol–water partition coefficient (Wildman–Crippen LogP) is 2.72. The van der Waals surface area contributed by atoms with E-state index in [9.17, 15) is 4.79 Å². The molecule has 0 aromatic carbocycles. The number of imidazole rings is 1. The molecular formula is C16H24N4O2S. The van der Waals surface area contributed by atoms with Crippen molar-refractivity contribution in [2.45, 2.75) is 52.8 Å². The molecule has 0 saturated carbocycles. The van der Waals surface area contributed by atoms with Crippen LogP contribution in [0.5, 0.6) is 0 Å². The van der Waals surface area contributed by atoms with Crippen LogP contribution in [-0.2, 0) is 11.3 Å². The second-order valence-corrected chi connectivity index (χ2v) is 7.94. The van der Waals surface area contributed by atoms with Gasteiger partial charge in [-0.1, -0.05) is 0 Å². The van der Waals surface area contributed by atoms with E-state index in [1.54, 1.807) is 16.2 Å². The Morgan fingerprint density at radius 3 is 2.78 bits per heavy atom. The molecule has 6 nitrogen and oxygen atoms in total. The van der Waals surface area contributed by atoms with Crippen LogP contribution in [0.3, 0.4) is 0 Å². The lowest BCUT2D eigenvalue weighted by molar-refractivity contribution is 0.00515. The molecule has 2 aromatic heterocycles. The average molecular weight is 336 g/mol. The number of rotatable bonds is 3. The quantitative estimate of drug-likeness (QED) is 0.936. The maximum Gasteiger partial charge on any atom is 0.410 e. The molecular weight excluding hydrogens is 312 g/mol. The van der Waals surface area contributed by atoms with Crippen molar-refractivity contribution in [1.29, 1.82) is 0 Å². The molecule has 0 spiro atoms. The summed E-state index contributed by atoms with van der Waals surface area (Å²) < 4.78 is 7.57. The standard InChI is InChI=1S/C16H24N4O2S/c1-10-9-23-14-18-11(2)13(20(10)14)6-17-12-7-19(8-12)15(21)22-16(3,4)5/h9,12,17H,6-8H2,1-5H3. The molecule has 3 rings (SSSR count). The molecule has 23 heavy (non-hydrogen) atoms. The van der Waals surface area contributed by atoms with Crippen LogP contribution in [0.4, 0.5) is 4.79 Å². The first kappa shape index (κ1) is 16.3. The van der Waals surface area contributed by atoms with Crippen LogP contribution in [0.15, 0.2) is 5.38 Å². The van der Waals surface area contributed by atoms with E-state index >= 15 is 0 Å². The van der Waals surface area contributed by atoms with E-state index in [2.05, 4.69) is 27.0 Å². The second-order valence-electron chi connectivity index (χ2n) is 7.10. The number of thiazole rings is 1. The van der Waals surface area contributed by atoms with Gasteiger partial charge in [0, 0.05) is 36.8 Å². The fourth-order valence-corrected chi connectivity index (χ4v) is 3.63. The molecule has 1 aliphatic rings. The lowest BCUT2D eigenvalue weighted by Gasteiger charge is -2.40. The molecule has 0 aliphatic carbocycles. The minimum atomic E-state index is -0.438. The molecule has 0 atom stereocenters. The largest absolute Gasteiger partial charge is 0.444 e. The molecule has 1 fully saturated rings. The lowest BCUT2D eigenvalue weighted by atomic mass is 10.1. The van der Waals surface area contributed by atoms with E-state index in [0.29, 0.717) is 19.1 Å². The fraction of sp³-hybridized carbons (Fsp3) is 0.625. The highest BCUT2D eigenvalue weighted by atomic mass is 32.1. The summed E-state index contributed by atoms with van der Waals surface area (Å²) in [5, 5.41) is 5.64. The number of ether oxygens (including phenoxy) is 1. The van der Waals surface area contributed by atoms with Crippen LogP contribution >= 0.6 is 11.3 Å². The van der Waals surface area contributed by atoms with Crippen molar-refractivity contribution in [2.75, 3.05) is 13.1 Å². The van der Waals surface area contributed by atoms with Crippen LogP contribution in [0.25, 0.3) is 4.96 Å². The van der Waals surface area contributed by atoms with Gasteiger partial charge < -0.3 is 15.0 Å². The highest BCUT2D eigenvalue weighted by molar-refractivity contribution is 7.15. The van der Waals surface area contributed by atoms with Gasteiger partial charge in [-0.2, -0.15) is 0 Å². The molecule has 126 valence electrons. The summed E-state index contributed by atoms with van der Waals surface area (Å²) in [5.74, 6) is 0. The van der Waals surface area contributed by atoms with E-state index in [1.165, 1.54) is 11.4 Å². The van der Waals surface area contributed by atoms with Crippen LogP contribution in [-0.4, -0.2) is 45.1 Å². The normalized spacial score (nSPS) is 16.0. The average Bonchev–Trinajstić information content (AvgIpc) is 2.86. The number of aryl methyl sites for hydroxylation is 2. The van der Waals surface area contributed by atoms with Crippen molar-refractivity contribution in [1.82, 2.24) is 19.6 Å². The van der Waals surface area contributed by atoms with Crippen molar-refractivity contribution in [2.24, 2.45) is 0 Å². The second kappa shape index (κ2) is 5.79. The number of hydrogen-bond donors (Lipinski definition) is 1. The van der Waals surface area contributed by atoms with Gasteiger partial charge in [-0.05, 0) is 34.6 Å². The number of likely N-dealkylation sites (tertiary alicyclic amines) is 1. The maximum absolute atomic E-state index is 11.9. The van der Waals surface area contributed by atoms with Gasteiger partial charge in [0.05, 0.1) is 11.4 Å². The molecule has 1 saturated heterocycles. The Morgan fingerprint density at radius 1 is 1.43 bits per heavy atom. The van der Waals surface area contributed by atoms with Gasteiger partial charge in [0.2, 0.25) is 0 Å². The first-order chi connectivity index (χ1) is 10.7. The van der Waals surface area contributed by atoms with E-state index < -0.39 is 5.60 Å². The Labute approximate surface area is 140 Å². The van der Waals surface area contributed by atoms with Crippen molar-refractivity contribution in [3.63, 3.8) is 0 Å². The summed E-state index contributed by atoms with van der Waals surface area (Å²) >= 11 is 1.67. The Kier molecular flexibility index (Phi) is 4.10. The molecule has 1 aliphatic heterocycles. The monoisotopic (exact) mass is 336 g/mol. The minimum Gasteiger partial charge on any atom is -0.444 e. The maximum atomic E-state index is 11.9. The molecule has 0 unspecified atom stereocenters. The summed E-state index contributed by atoms with van der Waals surface area (Å²) in [6.45, 7) is 12.0. The number of aromatic nitrogens is 2. The fourth-order valence-electron chi connectivity index (χ4n) is 2.70. The Balaban J connectivity index is 1.54. The number of carbonyl (C=O) groups is 1. The van der Waals surface area contributed by atoms with E-state index in [0.717, 1.165) is 17.2 Å².